The predicted molar refractivity (Wildman–Crippen MR) is 69.8 cm³/mol. The minimum absolute atomic E-state index is 0.0859. The summed E-state index contributed by atoms with van der Waals surface area (Å²) in [5.74, 6) is -1.86. The van der Waals surface area contributed by atoms with Gasteiger partial charge in [-0.2, -0.15) is 0 Å². The molecule has 0 saturated carbocycles. The molecule has 1 aromatic carbocycles. The second-order valence-corrected chi connectivity index (χ2v) is 5.49. The van der Waals surface area contributed by atoms with Crippen molar-refractivity contribution in [3.8, 4) is 0 Å². The average Bonchev–Trinajstić information content (AvgIpc) is 2.38. The summed E-state index contributed by atoms with van der Waals surface area (Å²) in [6, 6.07) is 5.58. The van der Waals surface area contributed by atoms with Crippen LogP contribution >= 0.6 is 0 Å². The summed E-state index contributed by atoms with van der Waals surface area (Å²) in [6.07, 6.45) is -0.346. The number of carbonyl (C=O) groups excluding carboxylic acids is 1. The minimum atomic E-state index is -3.96. The minimum Gasteiger partial charge on any atom is -0.481 e. The first-order valence-corrected chi connectivity index (χ1v) is 7.34. The van der Waals surface area contributed by atoms with Crippen LogP contribution in [-0.4, -0.2) is 38.6 Å². The van der Waals surface area contributed by atoms with Gasteiger partial charge in [0.25, 0.3) is 0 Å². The second kappa shape index (κ2) is 7.01. The third-order valence-corrected chi connectivity index (χ3v) is 3.82. The lowest BCUT2D eigenvalue weighted by Gasteiger charge is -2.10. The third-order valence-electron chi connectivity index (χ3n) is 2.30. The van der Waals surface area contributed by atoms with Gasteiger partial charge in [-0.1, -0.05) is 12.1 Å². The number of nitrogens with one attached hydrogen (secondary N) is 1. The normalized spacial score (nSPS) is 11.1. The second-order valence-electron chi connectivity index (χ2n) is 3.76. The SMILES string of the molecule is CCOC(=O)c1ccccc1S(=O)(=O)NCCC(=O)O. The molecule has 0 saturated heterocycles. The predicted octanol–water partition coefficient (Wildman–Crippen LogP) is 0.616. The summed E-state index contributed by atoms with van der Waals surface area (Å²) in [7, 11) is -3.96. The highest BCUT2D eigenvalue weighted by Gasteiger charge is 2.22. The van der Waals surface area contributed by atoms with E-state index in [0.29, 0.717) is 0 Å². The number of hydrogen-bond donors (Lipinski definition) is 2. The number of hydrogen-bond acceptors (Lipinski definition) is 5. The van der Waals surface area contributed by atoms with Crippen LogP contribution in [0.1, 0.15) is 23.7 Å². The fraction of sp³-hybridized carbons (Fsp3) is 0.333. The molecule has 20 heavy (non-hydrogen) atoms. The van der Waals surface area contributed by atoms with Gasteiger partial charge < -0.3 is 9.84 Å². The van der Waals surface area contributed by atoms with Gasteiger partial charge in [0.2, 0.25) is 10.0 Å². The van der Waals surface area contributed by atoms with E-state index in [1.54, 1.807) is 6.92 Å². The van der Waals surface area contributed by atoms with Crippen molar-refractivity contribution in [1.29, 1.82) is 0 Å². The molecule has 0 aliphatic carbocycles. The molecule has 2 N–H and O–H groups in total. The molecule has 0 unspecified atom stereocenters. The smallest absolute Gasteiger partial charge is 0.339 e. The Labute approximate surface area is 116 Å². The Balaban J connectivity index is 3.00. The molecule has 110 valence electrons. The molecule has 0 aromatic heterocycles. The van der Waals surface area contributed by atoms with Crippen molar-refractivity contribution in [3.63, 3.8) is 0 Å². The summed E-state index contributed by atoms with van der Waals surface area (Å²) in [4.78, 5) is 21.8. The van der Waals surface area contributed by atoms with Gasteiger partial charge in [-0.15, -0.1) is 0 Å². The number of carboxylic acid groups (broad SMARTS) is 1. The zero-order chi connectivity index (χ0) is 15.2. The van der Waals surface area contributed by atoms with E-state index in [1.807, 2.05) is 0 Å². The number of rotatable bonds is 7. The van der Waals surface area contributed by atoms with Gasteiger partial charge in [-0.25, -0.2) is 17.9 Å². The number of aliphatic carboxylic acids is 1. The van der Waals surface area contributed by atoms with Gasteiger partial charge in [0.05, 0.1) is 23.5 Å². The maximum Gasteiger partial charge on any atom is 0.339 e. The molecule has 0 atom stereocenters. The van der Waals surface area contributed by atoms with Crippen LogP contribution in [0.5, 0.6) is 0 Å². The highest BCUT2D eigenvalue weighted by Crippen LogP contribution is 2.16. The lowest BCUT2D eigenvalue weighted by molar-refractivity contribution is -0.136. The van der Waals surface area contributed by atoms with E-state index >= 15 is 0 Å². The summed E-state index contributed by atoms with van der Waals surface area (Å²) in [6.45, 7) is 1.48. The number of sulfonamides is 1. The summed E-state index contributed by atoms with van der Waals surface area (Å²) in [5.41, 5.74) is -0.0859. The number of carboxylic acids is 1. The number of esters is 1. The van der Waals surface area contributed by atoms with Gasteiger partial charge in [0.1, 0.15) is 0 Å². The first-order chi connectivity index (χ1) is 9.38. The zero-order valence-electron chi connectivity index (χ0n) is 10.8. The molecule has 8 heteroatoms. The van der Waals surface area contributed by atoms with E-state index in [0.717, 1.165) is 0 Å². The topological polar surface area (TPSA) is 110 Å². The van der Waals surface area contributed by atoms with Crippen LogP contribution in [-0.2, 0) is 19.6 Å². The van der Waals surface area contributed by atoms with Crippen LogP contribution in [0, 0.1) is 0 Å². The lowest BCUT2D eigenvalue weighted by atomic mass is 10.2. The summed E-state index contributed by atoms with van der Waals surface area (Å²) in [5, 5.41) is 8.48. The molecule has 0 spiro atoms. The lowest BCUT2D eigenvalue weighted by Crippen LogP contribution is -2.28. The Bertz CT molecular complexity index is 596. The number of benzene rings is 1. The first kappa shape index (κ1) is 16.1. The van der Waals surface area contributed by atoms with Crippen molar-refractivity contribution in [2.45, 2.75) is 18.2 Å². The number of ether oxygens (including phenoxy) is 1. The van der Waals surface area contributed by atoms with Gasteiger partial charge in [0, 0.05) is 6.54 Å². The third kappa shape index (κ3) is 4.32. The van der Waals surface area contributed by atoms with E-state index in [4.69, 9.17) is 9.84 Å². The molecule has 0 fully saturated rings. The Morgan fingerprint density at radius 2 is 1.95 bits per heavy atom. The maximum absolute atomic E-state index is 12.0. The quantitative estimate of drug-likeness (QED) is 0.714. The van der Waals surface area contributed by atoms with Crippen molar-refractivity contribution in [3.05, 3.63) is 29.8 Å². The van der Waals surface area contributed by atoms with Gasteiger partial charge in [0.15, 0.2) is 0 Å². The molecule has 0 heterocycles. The highest BCUT2D eigenvalue weighted by molar-refractivity contribution is 7.89. The highest BCUT2D eigenvalue weighted by atomic mass is 32.2. The van der Waals surface area contributed by atoms with Crippen molar-refractivity contribution < 1.29 is 27.9 Å². The van der Waals surface area contributed by atoms with Crippen molar-refractivity contribution in [2.75, 3.05) is 13.2 Å². The molecule has 0 bridgehead atoms. The van der Waals surface area contributed by atoms with Crippen LogP contribution in [0.4, 0.5) is 0 Å². The first-order valence-electron chi connectivity index (χ1n) is 5.86. The molecule has 0 amide bonds. The largest absolute Gasteiger partial charge is 0.481 e. The van der Waals surface area contributed by atoms with E-state index in [1.165, 1.54) is 24.3 Å². The summed E-state index contributed by atoms with van der Waals surface area (Å²) < 4.78 is 31.0. The molecular formula is C12H15NO6S. The van der Waals surface area contributed by atoms with E-state index in [2.05, 4.69) is 4.72 Å². The van der Waals surface area contributed by atoms with E-state index in [9.17, 15) is 18.0 Å². The van der Waals surface area contributed by atoms with Crippen LogP contribution in [0.15, 0.2) is 29.2 Å². The monoisotopic (exact) mass is 301 g/mol. The van der Waals surface area contributed by atoms with Crippen molar-refractivity contribution >= 4 is 22.0 Å². The molecule has 0 aliphatic heterocycles. The Morgan fingerprint density at radius 3 is 2.55 bits per heavy atom. The Hall–Kier alpha value is -1.93. The standard InChI is InChI=1S/C12H15NO6S/c1-2-19-12(16)9-5-3-4-6-10(9)20(17,18)13-8-7-11(14)15/h3-6,13H,2,7-8H2,1H3,(H,14,15). The average molecular weight is 301 g/mol. The summed E-state index contributed by atoms with van der Waals surface area (Å²) >= 11 is 0. The number of carbonyl (C=O) groups is 2. The zero-order valence-corrected chi connectivity index (χ0v) is 11.6. The van der Waals surface area contributed by atoms with Gasteiger partial charge in [-0.05, 0) is 19.1 Å². The van der Waals surface area contributed by atoms with Crippen molar-refractivity contribution in [1.82, 2.24) is 4.72 Å². The van der Waals surface area contributed by atoms with Crippen LogP contribution in [0.3, 0.4) is 0 Å². The maximum atomic E-state index is 12.0. The Morgan fingerprint density at radius 1 is 1.30 bits per heavy atom. The molecule has 1 aromatic rings. The molecule has 1 rings (SSSR count). The fourth-order valence-corrected chi connectivity index (χ4v) is 2.67. The Kier molecular flexibility index (Phi) is 5.66. The van der Waals surface area contributed by atoms with Crippen LogP contribution < -0.4 is 4.72 Å². The van der Waals surface area contributed by atoms with E-state index in [-0.39, 0.29) is 30.0 Å². The van der Waals surface area contributed by atoms with E-state index < -0.39 is 22.0 Å². The van der Waals surface area contributed by atoms with Crippen LogP contribution in [0.25, 0.3) is 0 Å². The van der Waals surface area contributed by atoms with Crippen molar-refractivity contribution in [2.24, 2.45) is 0 Å². The van der Waals surface area contributed by atoms with Gasteiger partial charge >= 0.3 is 11.9 Å². The molecule has 0 aliphatic rings. The molecule has 0 radical (unpaired) electrons. The van der Waals surface area contributed by atoms with Gasteiger partial charge in [-0.3, -0.25) is 4.79 Å². The molecular weight excluding hydrogens is 286 g/mol. The van der Waals surface area contributed by atoms with Crippen LogP contribution in [0.2, 0.25) is 0 Å². The fourth-order valence-electron chi connectivity index (χ4n) is 1.45. The molecule has 7 nitrogen and oxygen atoms in total.